The Balaban J connectivity index is 2.32. The van der Waals surface area contributed by atoms with Crippen LogP contribution < -0.4 is 5.32 Å². The fraction of sp³-hybridized carbons (Fsp3) is 0.357. The number of benzene rings is 1. The Hall–Kier alpha value is -1.66. The molecule has 0 bridgehead atoms. The second-order valence-electron chi connectivity index (χ2n) is 4.69. The van der Waals surface area contributed by atoms with Crippen LogP contribution in [0, 0.1) is 0 Å². The van der Waals surface area contributed by atoms with Crippen molar-refractivity contribution in [2.45, 2.75) is 24.4 Å². The zero-order valence-corrected chi connectivity index (χ0v) is 12.7. The summed E-state index contributed by atoms with van der Waals surface area (Å²) < 4.78 is 24.8. The largest absolute Gasteiger partial charge is 0.309 e. The van der Waals surface area contributed by atoms with E-state index in [1.165, 1.54) is 6.26 Å². The minimum atomic E-state index is -3.15. The van der Waals surface area contributed by atoms with Gasteiger partial charge in [0.2, 0.25) is 0 Å². The van der Waals surface area contributed by atoms with E-state index in [2.05, 4.69) is 10.4 Å². The molecule has 0 spiro atoms. The Kier molecular flexibility index (Phi) is 4.25. The van der Waals surface area contributed by atoms with E-state index < -0.39 is 9.84 Å². The molecule has 1 atom stereocenters. The van der Waals surface area contributed by atoms with Crippen LogP contribution in [-0.2, 0) is 16.4 Å². The average molecular weight is 293 g/mol. The quantitative estimate of drug-likeness (QED) is 0.910. The van der Waals surface area contributed by atoms with Crippen molar-refractivity contribution >= 4 is 9.84 Å². The summed E-state index contributed by atoms with van der Waals surface area (Å²) in [7, 11) is -1.28. The standard InChI is InChI=1S/C14H19N3O2S/c1-4-17-10-12(9-16-17)14(15-2)11-5-7-13(8-6-11)20(3,18)19/h5-10,14-15H,4H2,1-3H3. The predicted octanol–water partition coefficient (Wildman–Crippen LogP) is 1.62. The highest BCUT2D eigenvalue weighted by Crippen LogP contribution is 2.22. The van der Waals surface area contributed by atoms with Gasteiger partial charge in [0.15, 0.2) is 9.84 Å². The second-order valence-corrected chi connectivity index (χ2v) is 6.71. The van der Waals surface area contributed by atoms with Crippen molar-refractivity contribution in [2.24, 2.45) is 0 Å². The lowest BCUT2D eigenvalue weighted by Crippen LogP contribution is -2.17. The number of nitrogens with zero attached hydrogens (tertiary/aromatic N) is 2. The van der Waals surface area contributed by atoms with Crippen LogP contribution >= 0.6 is 0 Å². The molecule has 0 saturated heterocycles. The summed E-state index contributed by atoms with van der Waals surface area (Å²) in [6.45, 7) is 2.86. The molecule has 0 saturated carbocycles. The Labute approximate surface area is 119 Å². The third-order valence-electron chi connectivity index (χ3n) is 3.24. The lowest BCUT2D eigenvalue weighted by atomic mass is 10.0. The van der Waals surface area contributed by atoms with Gasteiger partial charge in [-0.3, -0.25) is 4.68 Å². The van der Waals surface area contributed by atoms with Crippen LogP contribution in [0.3, 0.4) is 0 Å². The molecule has 0 fully saturated rings. The van der Waals surface area contributed by atoms with Gasteiger partial charge < -0.3 is 5.32 Å². The Bertz CT molecular complexity index is 675. The van der Waals surface area contributed by atoms with Gasteiger partial charge in [0.05, 0.1) is 17.1 Å². The van der Waals surface area contributed by atoms with Gasteiger partial charge >= 0.3 is 0 Å². The fourth-order valence-corrected chi connectivity index (χ4v) is 2.77. The normalized spacial score (nSPS) is 13.3. The molecule has 1 N–H and O–H groups in total. The Morgan fingerprint density at radius 3 is 2.35 bits per heavy atom. The number of aryl methyl sites for hydroxylation is 1. The predicted molar refractivity (Wildman–Crippen MR) is 78.4 cm³/mol. The zero-order valence-electron chi connectivity index (χ0n) is 11.9. The molecule has 0 radical (unpaired) electrons. The average Bonchev–Trinajstić information content (AvgIpc) is 2.88. The number of hydrogen-bond acceptors (Lipinski definition) is 4. The highest BCUT2D eigenvalue weighted by atomic mass is 32.2. The van der Waals surface area contributed by atoms with E-state index in [0.29, 0.717) is 4.90 Å². The minimum Gasteiger partial charge on any atom is -0.309 e. The maximum atomic E-state index is 11.5. The van der Waals surface area contributed by atoms with Crippen molar-refractivity contribution in [3.05, 3.63) is 47.8 Å². The first-order valence-corrected chi connectivity index (χ1v) is 8.34. The summed E-state index contributed by atoms with van der Waals surface area (Å²) in [5, 5.41) is 7.49. The van der Waals surface area contributed by atoms with Crippen LogP contribution in [0.5, 0.6) is 0 Å². The van der Waals surface area contributed by atoms with E-state index in [4.69, 9.17) is 0 Å². The first-order chi connectivity index (χ1) is 9.45. The first-order valence-electron chi connectivity index (χ1n) is 6.45. The maximum Gasteiger partial charge on any atom is 0.175 e. The number of rotatable bonds is 5. The Morgan fingerprint density at radius 2 is 1.90 bits per heavy atom. The van der Waals surface area contributed by atoms with Gasteiger partial charge in [0, 0.05) is 24.6 Å². The number of nitrogens with one attached hydrogen (secondary N) is 1. The van der Waals surface area contributed by atoms with Crippen molar-refractivity contribution in [1.82, 2.24) is 15.1 Å². The summed E-state index contributed by atoms with van der Waals surface area (Å²) in [4.78, 5) is 0.334. The molecule has 0 amide bonds. The van der Waals surface area contributed by atoms with Crippen LogP contribution in [0.15, 0.2) is 41.6 Å². The van der Waals surface area contributed by atoms with Gasteiger partial charge in [-0.25, -0.2) is 8.42 Å². The first kappa shape index (κ1) is 14.7. The molecule has 1 unspecified atom stereocenters. The van der Waals surface area contributed by atoms with Gasteiger partial charge in [-0.2, -0.15) is 5.10 Å². The third kappa shape index (κ3) is 3.08. The van der Waals surface area contributed by atoms with E-state index in [-0.39, 0.29) is 6.04 Å². The third-order valence-corrected chi connectivity index (χ3v) is 4.37. The van der Waals surface area contributed by atoms with Crippen LogP contribution in [0.4, 0.5) is 0 Å². The van der Waals surface area contributed by atoms with Crippen molar-refractivity contribution in [2.75, 3.05) is 13.3 Å². The molecule has 0 aliphatic heterocycles. The van der Waals surface area contributed by atoms with Gasteiger partial charge in [0.25, 0.3) is 0 Å². The van der Waals surface area contributed by atoms with Crippen molar-refractivity contribution in [3.63, 3.8) is 0 Å². The summed E-state index contributed by atoms with van der Waals surface area (Å²) in [5.41, 5.74) is 2.07. The lowest BCUT2D eigenvalue weighted by Gasteiger charge is -2.15. The van der Waals surface area contributed by atoms with Gasteiger partial charge in [0.1, 0.15) is 0 Å². The SMILES string of the molecule is CCn1cc(C(NC)c2ccc(S(C)(=O)=O)cc2)cn1. The highest BCUT2D eigenvalue weighted by molar-refractivity contribution is 7.90. The maximum absolute atomic E-state index is 11.5. The van der Waals surface area contributed by atoms with E-state index in [1.54, 1.807) is 12.1 Å². The number of aromatic nitrogens is 2. The zero-order chi connectivity index (χ0) is 14.8. The molecular weight excluding hydrogens is 274 g/mol. The number of sulfone groups is 1. The molecule has 2 rings (SSSR count). The van der Waals surface area contributed by atoms with Gasteiger partial charge in [-0.15, -0.1) is 0 Å². The molecule has 1 aromatic carbocycles. The van der Waals surface area contributed by atoms with Crippen molar-refractivity contribution in [1.29, 1.82) is 0 Å². The van der Waals surface area contributed by atoms with Crippen molar-refractivity contribution < 1.29 is 8.42 Å². The van der Waals surface area contributed by atoms with Crippen molar-refractivity contribution in [3.8, 4) is 0 Å². The molecular formula is C14H19N3O2S. The van der Waals surface area contributed by atoms with Crippen LogP contribution in [0.25, 0.3) is 0 Å². The lowest BCUT2D eigenvalue weighted by molar-refractivity contribution is 0.601. The summed E-state index contributed by atoms with van der Waals surface area (Å²) in [6.07, 6.45) is 5.03. The number of hydrogen-bond donors (Lipinski definition) is 1. The van der Waals surface area contributed by atoms with Crippen LogP contribution in [-0.4, -0.2) is 31.5 Å². The van der Waals surface area contributed by atoms with Gasteiger partial charge in [-0.1, -0.05) is 12.1 Å². The minimum absolute atomic E-state index is 0.00362. The second kappa shape index (κ2) is 5.76. The molecule has 1 heterocycles. The molecule has 108 valence electrons. The Morgan fingerprint density at radius 1 is 1.25 bits per heavy atom. The monoisotopic (exact) mass is 293 g/mol. The molecule has 6 heteroatoms. The topological polar surface area (TPSA) is 64.0 Å². The molecule has 20 heavy (non-hydrogen) atoms. The van der Waals surface area contributed by atoms with Gasteiger partial charge in [-0.05, 0) is 31.7 Å². The van der Waals surface area contributed by atoms with Crippen LogP contribution in [0.2, 0.25) is 0 Å². The molecule has 0 aliphatic rings. The molecule has 0 aliphatic carbocycles. The fourth-order valence-electron chi connectivity index (χ4n) is 2.13. The molecule has 2 aromatic rings. The van der Waals surface area contributed by atoms with E-state index in [1.807, 2.05) is 43.2 Å². The molecule has 1 aromatic heterocycles. The summed E-state index contributed by atoms with van der Waals surface area (Å²) in [6, 6.07) is 6.95. The highest BCUT2D eigenvalue weighted by Gasteiger charge is 2.15. The molecule has 5 nitrogen and oxygen atoms in total. The van der Waals surface area contributed by atoms with E-state index >= 15 is 0 Å². The summed E-state index contributed by atoms with van der Waals surface area (Å²) in [5.74, 6) is 0. The summed E-state index contributed by atoms with van der Waals surface area (Å²) >= 11 is 0. The van der Waals surface area contributed by atoms with E-state index in [9.17, 15) is 8.42 Å². The van der Waals surface area contributed by atoms with E-state index in [0.717, 1.165) is 17.7 Å². The van der Waals surface area contributed by atoms with Crippen LogP contribution in [0.1, 0.15) is 24.1 Å². The smallest absolute Gasteiger partial charge is 0.175 e.